The van der Waals surface area contributed by atoms with Gasteiger partial charge < -0.3 is 4.57 Å². The normalized spacial score (nSPS) is 14.3. The van der Waals surface area contributed by atoms with E-state index in [0.29, 0.717) is 39.5 Å². The Bertz CT molecular complexity index is 1390. The van der Waals surface area contributed by atoms with Gasteiger partial charge in [-0.1, -0.05) is 24.4 Å². The molecule has 8 heteroatoms. The van der Waals surface area contributed by atoms with Crippen LogP contribution in [-0.4, -0.2) is 25.0 Å². The maximum Gasteiger partial charge on any atom is 0.261 e. The van der Waals surface area contributed by atoms with Gasteiger partial charge in [-0.05, 0) is 49.2 Å². The zero-order valence-electron chi connectivity index (χ0n) is 17.2. The topological polar surface area (TPSA) is 81.8 Å². The Morgan fingerprint density at radius 3 is 2.74 bits per heavy atom. The fourth-order valence-electron chi connectivity index (χ4n) is 4.19. The molecule has 2 aromatic carbocycles. The van der Waals surface area contributed by atoms with Crippen LogP contribution >= 0.6 is 11.6 Å². The van der Waals surface area contributed by atoms with E-state index in [9.17, 15) is 9.59 Å². The monoisotopic (exact) mass is 435 g/mol. The number of nitrogens with zero attached hydrogens (tertiary/aromatic N) is 4. The smallest absolute Gasteiger partial charge is 0.261 e. The van der Waals surface area contributed by atoms with Crippen molar-refractivity contribution in [3.8, 4) is 0 Å². The summed E-state index contributed by atoms with van der Waals surface area (Å²) >= 11 is 6.05. The highest BCUT2D eigenvalue weighted by Gasteiger charge is 2.16. The Morgan fingerprint density at radius 2 is 1.87 bits per heavy atom. The van der Waals surface area contributed by atoms with Gasteiger partial charge in [0.05, 0.1) is 21.9 Å². The first-order chi connectivity index (χ1) is 15.0. The molecule has 3 heterocycles. The first-order valence-electron chi connectivity index (χ1n) is 10.5. The second kappa shape index (κ2) is 7.81. The largest absolute Gasteiger partial charge is 0.313 e. The molecule has 5 rings (SSSR count). The van der Waals surface area contributed by atoms with Crippen molar-refractivity contribution in [3.63, 3.8) is 0 Å². The molecule has 1 aliphatic rings. The number of halogens is 1. The predicted molar refractivity (Wildman–Crippen MR) is 122 cm³/mol. The lowest BCUT2D eigenvalue weighted by molar-refractivity contribution is 0.102. The van der Waals surface area contributed by atoms with Gasteiger partial charge in [0, 0.05) is 30.6 Å². The molecule has 0 atom stereocenters. The summed E-state index contributed by atoms with van der Waals surface area (Å²) in [6.07, 6.45) is 5.08. The van der Waals surface area contributed by atoms with Crippen LogP contribution in [0.25, 0.3) is 21.9 Å². The summed E-state index contributed by atoms with van der Waals surface area (Å²) in [7, 11) is 1.83. The van der Waals surface area contributed by atoms with Crippen LogP contribution in [0.15, 0.2) is 41.2 Å². The number of anilines is 1. The average molecular weight is 436 g/mol. The van der Waals surface area contributed by atoms with E-state index in [0.717, 1.165) is 43.4 Å². The van der Waals surface area contributed by atoms with Crippen LogP contribution in [0.2, 0.25) is 5.02 Å². The zero-order chi connectivity index (χ0) is 21.5. The van der Waals surface area contributed by atoms with E-state index in [2.05, 4.69) is 10.3 Å². The van der Waals surface area contributed by atoms with Gasteiger partial charge >= 0.3 is 0 Å². The quantitative estimate of drug-likeness (QED) is 0.508. The number of hydrogen-bond acceptors (Lipinski definition) is 4. The number of rotatable bonds is 2. The molecule has 2 aromatic heterocycles. The van der Waals surface area contributed by atoms with E-state index in [1.165, 1.54) is 0 Å². The number of benzene rings is 2. The van der Waals surface area contributed by atoms with Gasteiger partial charge in [-0.3, -0.25) is 19.5 Å². The summed E-state index contributed by atoms with van der Waals surface area (Å²) < 4.78 is 3.60. The molecule has 158 valence electrons. The first kappa shape index (κ1) is 19.8. The van der Waals surface area contributed by atoms with Gasteiger partial charge in [-0.25, -0.2) is 9.97 Å². The van der Waals surface area contributed by atoms with E-state index < -0.39 is 0 Å². The number of imidazole rings is 1. The molecule has 1 aliphatic heterocycles. The van der Waals surface area contributed by atoms with Crippen molar-refractivity contribution in [1.82, 2.24) is 19.1 Å². The first-order valence-corrected chi connectivity index (χ1v) is 10.9. The summed E-state index contributed by atoms with van der Waals surface area (Å²) in [6, 6.07) is 10.5. The molecule has 1 N–H and O–H groups in total. The standard InChI is InChI=1S/C23H22ClN5O2/c1-28-19-10-8-15(24)13-18(19)26-23(28)27-21(30)14-7-9-16-17(12-14)25-20-6-4-2-3-5-11-29(20)22(16)31/h7-10,12-13H,2-6,11H2,1H3,(H,26,27,30). The number of aryl methyl sites for hydroxylation is 2. The average Bonchev–Trinajstić information content (AvgIpc) is 3.03. The van der Waals surface area contributed by atoms with Crippen LogP contribution in [0.3, 0.4) is 0 Å². The van der Waals surface area contributed by atoms with Crippen molar-refractivity contribution in [2.75, 3.05) is 5.32 Å². The Morgan fingerprint density at radius 1 is 1.03 bits per heavy atom. The molecule has 0 unspecified atom stereocenters. The maximum absolute atomic E-state index is 13.0. The molecule has 4 aromatic rings. The highest BCUT2D eigenvalue weighted by molar-refractivity contribution is 6.31. The minimum absolute atomic E-state index is 0.0268. The van der Waals surface area contributed by atoms with Crippen LogP contribution in [-0.2, 0) is 20.0 Å². The third-order valence-electron chi connectivity index (χ3n) is 5.90. The van der Waals surface area contributed by atoms with Crippen LogP contribution in [0.4, 0.5) is 5.95 Å². The van der Waals surface area contributed by atoms with Gasteiger partial charge in [-0.15, -0.1) is 0 Å². The van der Waals surface area contributed by atoms with Crippen molar-refractivity contribution in [3.05, 3.63) is 63.2 Å². The molecule has 0 saturated heterocycles. The Balaban J connectivity index is 1.50. The molecule has 0 aliphatic carbocycles. The van der Waals surface area contributed by atoms with Crippen LogP contribution < -0.4 is 10.9 Å². The van der Waals surface area contributed by atoms with E-state index in [-0.39, 0.29) is 11.5 Å². The van der Waals surface area contributed by atoms with Gasteiger partial charge in [0.2, 0.25) is 5.95 Å². The zero-order valence-corrected chi connectivity index (χ0v) is 17.9. The molecular formula is C23H22ClN5O2. The number of nitrogens with one attached hydrogen (secondary N) is 1. The van der Waals surface area contributed by atoms with Crippen LogP contribution in [0.5, 0.6) is 0 Å². The number of carbonyl (C=O) groups excluding carboxylic acids is 1. The molecule has 0 bridgehead atoms. The van der Waals surface area contributed by atoms with Gasteiger partial charge in [0.15, 0.2) is 0 Å². The molecule has 0 saturated carbocycles. The van der Waals surface area contributed by atoms with Crippen molar-refractivity contribution < 1.29 is 4.79 Å². The van der Waals surface area contributed by atoms with E-state index >= 15 is 0 Å². The van der Waals surface area contributed by atoms with Gasteiger partial charge in [-0.2, -0.15) is 0 Å². The second-order valence-electron chi connectivity index (χ2n) is 7.96. The molecule has 0 fully saturated rings. The number of aromatic nitrogens is 4. The third kappa shape index (κ3) is 3.59. The predicted octanol–water partition coefficient (Wildman–Crippen LogP) is 4.31. The van der Waals surface area contributed by atoms with E-state index in [1.807, 2.05) is 13.1 Å². The Kier molecular flexibility index (Phi) is 4.98. The Labute approximate surface area is 183 Å². The molecule has 31 heavy (non-hydrogen) atoms. The summed E-state index contributed by atoms with van der Waals surface area (Å²) in [5, 5.41) is 3.98. The minimum atomic E-state index is -0.306. The molecule has 0 spiro atoms. The highest BCUT2D eigenvalue weighted by Crippen LogP contribution is 2.23. The van der Waals surface area contributed by atoms with E-state index in [1.54, 1.807) is 39.5 Å². The molecule has 7 nitrogen and oxygen atoms in total. The minimum Gasteiger partial charge on any atom is -0.313 e. The third-order valence-corrected chi connectivity index (χ3v) is 6.13. The van der Waals surface area contributed by atoms with Crippen molar-refractivity contribution in [1.29, 1.82) is 0 Å². The van der Waals surface area contributed by atoms with Crippen molar-refractivity contribution in [2.45, 2.75) is 38.6 Å². The number of carbonyl (C=O) groups is 1. The lowest BCUT2D eigenvalue weighted by Crippen LogP contribution is -2.26. The van der Waals surface area contributed by atoms with Crippen LogP contribution in [0, 0.1) is 0 Å². The lowest BCUT2D eigenvalue weighted by atomic mass is 10.1. The SMILES string of the molecule is Cn1c(NC(=O)c2ccc3c(=O)n4c(nc3c2)CCCCCC4)nc2cc(Cl)ccc21. The number of fused-ring (bicyclic) bond motifs is 3. The molecule has 0 radical (unpaired) electrons. The van der Waals surface area contributed by atoms with Crippen molar-refractivity contribution >= 4 is 45.4 Å². The molecule has 1 amide bonds. The lowest BCUT2D eigenvalue weighted by Gasteiger charge is -2.16. The maximum atomic E-state index is 13.0. The summed E-state index contributed by atoms with van der Waals surface area (Å²) in [4.78, 5) is 35.1. The fraction of sp³-hybridized carbons (Fsp3) is 0.304. The van der Waals surface area contributed by atoms with E-state index in [4.69, 9.17) is 16.6 Å². The summed E-state index contributed by atoms with van der Waals surface area (Å²) in [6.45, 7) is 0.704. The number of hydrogen-bond donors (Lipinski definition) is 1. The summed E-state index contributed by atoms with van der Waals surface area (Å²) in [5.41, 5.74) is 2.53. The Hall–Kier alpha value is -3.19. The fourth-order valence-corrected chi connectivity index (χ4v) is 4.36. The van der Waals surface area contributed by atoms with Gasteiger partial charge in [0.1, 0.15) is 5.82 Å². The summed E-state index contributed by atoms with van der Waals surface area (Å²) in [5.74, 6) is 0.926. The second-order valence-corrected chi connectivity index (χ2v) is 8.40. The van der Waals surface area contributed by atoms with Gasteiger partial charge in [0.25, 0.3) is 11.5 Å². The van der Waals surface area contributed by atoms with Crippen LogP contribution in [0.1, 0.15) is 41.9 Å². The molecular weight excluding hydrogens is 414 g/mol. The van der Waals surface area contributed by atoms with Crippen molar-refractivity contribution in [2.24, 2.45) is 7.05 Å². The highest BCUT2D eigenvalue weighted by atomic mass is 35.5. The number of amides is 1.